The largest absolute Gasteiger partial charge is 0.497 e. The van der Waals surface area contributed by atoms with Crippen LogP contribution in [0.25, 0.3) is 17.3 Å². The third-order valence-corrected chi connectivity index (χ3v) is 5.42. The average Bonchev–Trinajstić information content (AvgIpc) is 3.35. The lowest BCUT2D eigenvalue weighted by Gasteiger charge is -2.13. The van der Waals surface area contributed by atoms with Crippen LogP contribution in [0.1, 0.15) is 53.6 Å². The van der Waals surface area contributed by atoms with Gasteiger partial charge in [-0.3, -0.25) is 9.36 Å². The minimum Gasteiger partial charge on any atom is -0.497 e. The lowest BCUT2D eigenvalue weighted by atomic mass is 10.1. The number of ether oxygens (including phenoxy) is 1. The highest BCUT2D eigenvalue weighted by molar-refractivity contribution is 5.92. The molecule has 1 atom stereocenters. The number of carbonyl (C=O) groups is 1. The first kappa shape index (κ1) is 19.9. The molecule has 1 N–H and O–H groups in total. The molecule has 3 aromatic heterocycles. The number of carbonyl (C=O) groups excluding carboxylic acids is 1. The van der Waals surface area contributed by atoms with Gasteiger partial charge in [0.15, 0.2) is 5.82 Å². The van der Waals surface area contributed by atoms with Gasteiger partial charge in [0.1, 0.15) is 23.6 Å². The number of nitrogens with zero attached hydrogens (tertiary/aromatic N) is 5. The maximum Gasteiger partial charge on any atom is 0.271 e. The van der Waals surface area contributed by atoms with Gasteiger partial charge in [-0.25, -0.2) is 9.97 Å². The molecule has 0 saturated heterocycles. The number of nitrogens with one attached hydrogen (secondary N) is 1. The molecule has 1 amide bonds. The SMILES string of the molecule is COc1ccc(C(C)NC(=O)c2cn(-c3ccc(-c4nc(C5CC5)no4)cn3)cn2)cc1. The van der Waals surface area contributed by atoms with Crippen molar-refractivity contribution in [2.45, 2.75) is 31.7 Å². The Hall–Kier alpha value is -4.01. The molecule has 5 rings (SSSR count). The van der Waals surface area contributed by atoms with E-state index in [2.05, 4.69) is 25.4 Å². The summed E-state index contributed by atoms with van der Waals surface area (Å²) < 4.78 is 12.2. The summed E-state index contributed by atoms with van der Waals surface area (Å²) in [5.74, 6) is 2.80. The summed E-state index contributed by atoms with van der Waals surface area (Å²) in [7, 11) is 1.62. The average molecular weight is 430 g/mol. The van der Waals surface area contributed by atoms with Crippen LogP contribution >= 0.6 is 0 Å². The first-order valence-corrected chi connectivity index (χ1v) is 10.4. The second-order valence-electron chi connectivity index (χ2n) is 7.77. The summed E-state index contributed by atoms with van der Waals surface area (Å²) in [5.41, 5.74) is 2.03. The Bertz CT molecular complexity index is 1230. The summed E-state index contributed by atoms with van der Waals surface area (Å²) >= 11 is 0. The molecule has 1 fully saturated rings. The van der Waals surface area contributed by atoms with E-state index in [0.29, 0.717) is 23.3 Å². The highest BCUT2D eigenvalue weighted by Crippen LogP contribution is 2.38. The molecule has 1 aliphatic rings. The normalized spacial score (nSPS) is 14.2. The van der Waals surface area contributed by atoms with E-state index in [0.717, 1.165) is 35.5 Å². The smallest absolute Gasteiger partial charge is 0.271 e. The van der Waals surface area contributed by atoms with Crippen LogP contribution in [-0.4, -0.2) is 37.7 Å². The molecule has 162 valence electrons. The van der Waals surface area contributed by atoms with Gasteiger partial charge in [-0.1, -0.05) is 17.3 Å². The lowest BCUT2D eigenvalue weighted by Crippen LogP contribution is -2.26. The van der Waals surface area contributed by atoms with Crippen LogP contribution in [0.4, 0.5) is 0 Å². The van der Waals surface area contributed by atoms with Crippen LogP contribution < -0.4 is 10.1 Å². The van der Waals surface area contributed by atoms with Gasteiger partial charge in [0.05, 0.1) is 18.7 Å². The molecule has 1 saturated carbocycles. The zero-order chi connectivity index (χ0) is 22.1. The highest BCUT2D eigenvalue weighted by atomic mass is 16.5. The molecular weight excluding hydrogens is 408 g/mol. The summed E-state index contributed by atoms with van der Waals surface area (Å²) in [5, 5.41) is 6.99. The number of pyridine rings is 1. The van der Waals surface area contributed by atoms with Gasteiger partial charge in [0.2, 0.25) is 0 Å². The molecule has 3 heterocycles. The molecule has 32 heavy (non-hydrogen) atoms. The van der Waals surface area contributed by atoms with Crippen molar-refractivity contribution in [1.82, 2.24) is 30.0 Å². The zero-order valence-corrected chi connectivity index (χ0v) is 17.7. The number of aromatic nitrogens is 5. The van der Waals surface area contributed by atoms with E-state index in [9.17, 15) is 4.79 Å². The molecule has 4 aromatic rings. The predicted molar refractivity (Wildman–Crippen MR) is 116 cm³/mol. The second-order valence-corrected chi connectivity index (χ2v) is 7.77. The molecule has 0 aliphatic heterocycles. The minimum absolute atomic E-state index is 0.175. The van der Waals surface area contributed by atoms with Crippen LogP contribution in [-0.2, 0) is 0 Å². The maximum atomic E-state index is 12.6. The Morgan fingerprint density at radius 2 is 2.00 bits per heavy atom. The van der Waals surface area contributed by atoms with E-state index >= 15 is 0 Å². The fourth-order valence-electron chi connectivity index (χ4n) is 3.34. The number of benzene rings is 1. The molecule has 1 aliphatic carbocycles. The number of methoxy groups -OCH3 is 1. The van der Waals surface area contributed by atoms with Crippen molar-refractivity contribution in [2.24, 2.45) is 0 Å². The van der Waals surface area contributed by atoms with Gasteiger partial charge in [0.25, 0.3) is 11.8 Å². The van der Waals surface area contributed by atoms with Crippen molar-refractivity contribution in [3.05, 3.63) is 72.2 Å². The highest BCUT2D eigenvalue weighted by Gasteiger charge is 2.29. The Kier molecular flexibility index (Phi) is 5.14. The third kappa shape index (κ3) is 4.09. The topological polar surface area (TPSA) is 108 Å². The summed E-state index contributed by atoms with van der Waals surface area (Å²) in [6.07, 6.45) is 7.12. The fraction of sp³-hybridized carbons (Fsp3) is 0.261. The fourth-order valence-corrected chi connectivity index (χ4v) is 3.34. The molecule has 0 bridgehead atoms. The monoisotopic (exact) mass is 430 g/mol. The van der Waals surface area contributed by atoms with E-state index in [1.807, 2.05) is 43.3 Å². The number of hydrogen-bond acceptors (Lipinski definition) is 7. The van der Waals surface area contributed by atoms with E-state index in [1.165, 1.54) is 0 Å². The summed E-state index contributed by atoms with van der Waals surface area (Å²) in [4.78, 5) is 25.7. The molecule has 0 spiro atoms. The molecular formula is C23H22N6O3. The van der Waals surface area contributed by atoms with E-state index < -0.39 is 0 Å². The first-order chi connectivity index (χ1) is 15.6. The third-order valence-electron chi connectivity index (χ3n) is 5.42. The Labute approximate surface area is 184 Å². The van der Waals surface area contributed by atoms with Crippen LogP contribution in [0.3, 0.4) is 0 Å². The molecule has 1 unspecified atom stereocenters. The van der Waals surface area contributed by atoms with Gasteiger partial charge in [-0.05, 0) is 49.6 Å². The van der Waals surface area contributed by atoms with Crippen LogP contribution in [0.2, 0.25) is 0 Å². The van der Waals surface area contributed by atoms with Crippen LogP contribution in [0.15, 0.2) is 59.6 Å². The number of imidazole rings is 1. The van der Waals surface area contributed by atoms with Crippen LogP contribution in [0, 0.1) is 0 Å². The molecule has 9 nitrogen and oxygen atoms in total. The Morgan fingerprint density at radius 1 is 1.19 bits per heavy atom. The van der Waals surface area contributed by atoms with E-state index in [-0.39, 0.29) is 11.9 Å². The molecule has 0 radical (unpaired) electrons. The van der Waals surface area contributed by atoms with Crippen LogP contribution in [0.5, 0.6) is 5.75 Å². The predicted octanol–water partition coefficient (Wildman–Crippen LogP) is 3.69. The van der Waals surface area contributed by atoms with Gasteiger partial charge in [0, 0.05) is 18.3 Å². The lowest BCUT2D eigenvalue weighted by molar-refractivity contribution is 0.0935. The summed E-state index contributed by atoms with van der Waals surface area (Å²) in [6.45, 7) is 1.92. The van der Waals surface area contributed by atoms with Gasteiger partial charge < -0.3 is 14.6 Å². The summed E-state index contributed by atoms with van der Waals surface area (Å²) in [6, 6.07) is 11.1. The van der Waals surface area contributed by atoms with Gasteiger partial charge >= 0.3 is 0 Å². The second kappa shape index (κ2) is 8.26. The van der Waals surface area contributed by atoms with Crippen molar-refractivity contribution in [1.29, 1.82) is 0 Å². The maximum absolute atomic E-state index is 12.6. The Morgan fingerprint density at radius 3 is 2.69 bits per heavy atom. The standard InChI is InChI=1S/C23H22N6O3/c1-14(15-5-8-18(31-2)9-6-15)26-22(30)19-12-29(13-25-19)20-10-7-17(11-24-20)23-27-21(28-32-23)16-3-4-16/h5-14,16H,3-4H2,1-2H3,(H,26,30). The van der Waals surface area contributed by atoms with Gasteiger partial charge in [-0.2, -0.15) is 4.98 Å². The van der Waals surface area contributed by atoms with Gasteiger partial charge in [-0.15, -0.1) is 0 Å². The number of hydrogen-bond donors (Lipinski definition) is 1. The number of amides is 1. The van der Waals surface area contributed by atoms with E-state index in [4.69, 9.17) is 9.26 Å². The quantitative estimate of drug-likeness (QED) is 0.476. The van der Waals surface area contributed by atoms with E-state index in [1.54, 1.807) is 30.4 Å². The molecule has 9 heteroatoms. The zero-order valence-electron chi connectivity index (χ0n) is 17.7. The Balaban J connectivity index is 1.25. The van der Waals surface area contributed by atoms with Crippen molar-refractivity contribution < 1.29 is 14.1 Å². The first-order valence-electron chi connectivity index (χ1n) is 10.4. The molecule has 1 aromatic carbocycles. The number of rotatable bonds is 7. The van der Waals surface area contributed by atoms with Crippen molar-refractivity contribution >= 4 is 5.91 Å². The minimum atomic E-state index is -0.262. The van der Waals surface area contributed by atoms with Crippen molar-refractivity contribution in [3.8, 4) is 23.0 Å². The van der Waals surface area contributed by atoms with Crippen molar-refractivity contribution in [3.63, 3.8) is 0 Å². The van der Waals surface area contributed by atoms with Crippen molar-refractivity contribution in [2.75, 3.05) is 7.11 Å².